The predicted octanol–water partition coefficient (Wildman–Crippen LogP) is 3.52. The molecule has 1 atom stereocenters. The molecule has 0 fully saturated rings. The van der Waals surface area contributed by atoms with Crippen molar-refractivity contribution in [1.82, 2.24) is 0 Å². The minimum absolute atomic E-state index is 0.164. The van der Waals surface area contributed by atoms with E-state index in [-0.39, 0.29) is 12.3 Å². The van der Waals surface area contributed by atoms with Gasteiger partial charge in [0.15, 0.2) is 17.6 Å². The Morgan fingerprint density at radius 3 is 2.44 bits per heavy atom. The first-order valence-electron chi connectivity index (χ1n) is 8.71. The highest BCUT2D eigenvalue weighted by Gasteiger charge is 2.18. The summed E-state index contributed by atoms with van der Waals surface area (Å²) in [6.07, 6.45) is -0.230. The van der Waals surface area contributed by atoms with Crippen LogP contribution in [0.15, 0.2) is 42.5 Å². The molecule has 0 bridgehead atoms. The van der Waals surface area contributed by atoms with Crippen molar-refractivity contribution >= 4 is 17.6 Å². The van der Waals surface area contributed by atoms with Gasteiger partial charge in [-0.25, -0.2) is 0 Å². The first kappa shape index (κ1) is 20.3. The normalized spacial score (nSPS) is 11.4. The van der Waals surface area contributed by atoms with Gasteiger partial charge in [0, 0.05) is 12.1 Å². The quantitative estimate of drug-likeness (QED) is 0.719. The summed E-state index contributed by atoms with van der Waals surface area (Å²) in [5.74, 6) is 0.441. The highest BCUT2D eigenvalue weighted by Crippen LogP contribution is 2.28. The van der Waals surface area contributed by atoms with Crippen LogP contribution < -0.4 is 14.8 Å². The first-order chi connectivity index (χ1) is 12.9. The predicted molar refractivity (Wildman–Crippen MR) is 103 cm³/mol. The lowest BCUT2D eigenvalue weighted by molar-refractivity contribution is -0.153. The van der Waals surface area contributed by atoms with E-state index >= 15 is 0 Å². The number of carbonyl (C=O) groups is 2. The maximum absolute atomic E-state index is 12.2. The number of ether oxygens (including phenoxy) is 3. The number of hydrogen-bond donors (Lipinski definition) is 1. The number of carbonyl (C=O) groups excluding carboxylic acids is 2. The average Bonchev–Trinajstić information content (AvgIpc) is 2.66. The summed E-state index contributed by atoms with van der Waals surface area (Å²) in [7, 11) is 3.13. The summed E-state index contributed by atoms with van der Waals surface area (Å²) in [6.45, 7) is 3.49. The molecule has 1 N–H and O–H groups in total. The number of rotatable bonds is 8. The standard InChI is InChI=1S/C21H25NO5/c1-14-6-5-7-17(12-14)22-21(24)15(2)27-20(23)11-9-16-8-10-18(25-3)19(13-16)26-4/h5-8,10,12-13,15H,9,11H2,1-4H3,(H,22,24)/t15-/m0/s1. The van der Waals surface area contributed by atoms with Crippen molar-refractivity contribution in [1.29, 1.82) is 0 Å². The molecule has 0 aromatic heterocycles. The molecule has 0 aliphatic carbocycles. The third-order valence-electron chi connectivity index (χ3n) is 4.03. The minimum atomic E-state index is -0.872. The molecule has 0 aliphatic rings. The second-order valence-electron chi connectivity index (χ2n) is 6.18. The molecule has 0 saturated heterocycles. The topological polar surface area (TPSA) is 73.9 Å². The zero-order valence-corrected chi connectivity index (χ0v) is 16.1. The van der Waals surface area contributed by atoms with Crippen molar-refractivity contribution in [3.05, 3.63) is 53.6 Å². The monoisotopic (exact) mass is 371 g/mol. The molecule has 2 aromatic rings. The van der Waals surface area contributed by atoms with Crippen LogP contribution in [0.5, 0.6) is 11.5 Å². The van der Waals surface area contributed by atoms with E-state index < -0.39 is 12.1 Å². The van der Waals surface area contributed by atoms with Gasteiger partial charge in [0.25, 0.3) is 5.91 Å². The molecule has 1 amide bonds. The smallest absolute Gasteiger partial charge is 0.306 e. The van der Waals surface area contributed by atoms with E-state index in [0.29, 0.717) is 23.6 Å². The van der Waals surface area contributed by atoms with Crippen LogP contribution >= 0.6 is 0 Å². The molecular formula is C21H25NO5. The molecule has 0 aliphatic heterocycles. The SMILES string of the molecule is COc1ccc(CCC(=O)O[C@@H](C)C(=O)Nc2cccc(C)c2)cc1OC. The summed E-state index contributed by atoms with van der Waals surface area (Å²) in [6, 6.07) is 12.9. The van der Waals surface area contributed by atoms with Gasteiger partial charge in [0.2, 0.25) is 0 Å². The lowest BCUT2D eigenvalue weighted by Crippen LogP contribution is -2.30. The van der Waals surface area contributed by atoms with E-state index in [9.17, 15) is 9.59 Å². The van der Waals surface area contributed by atoms with Gasteiger partial charge in [-0.2, -0.15) is 0 Å². The van der Waals surface area contributed by atoms with E-state index in [1.807, 2.05) is 37.3 Å². The molecule has 0 spiro atoms. The number of aryl methyl sites for hydroxylation is 2. The Morgan fingerprint density at radius 1 is 1.04 bits per heavy atom. The van der Waals surface area contributed by atoms with Crippen LogP contribution in [0.1, 0.15) is 24.5 Å². The summed E-state index contributed by atoms with van der Waals surface area (Å²) in [5, 5.41) is 2.74. The summed E-state index contributed by atoms with van der Waals surface area (Å²) in [5.41, 5.74) is 2.63. The number of nitrogens with one attached hydrogen (secondary N) is 1. The van der Waals surface area contributed by atoms with Crippen molar-refractivity contribution in [3.8, 4) is 11.5 Å². The van der Waals surface area contributed by atoms with Gasteiger partial charge in [0.05, 0.1) is 14.2 Å². The Bertz CT molecular complexity index is 803. The number of methoxy groups -OCH3 is 2. The molecule has 2 rings (SSSR count). The molecule has 6 heteroatoms. The van der Waals surface area contributed by atoms with Gasteiger partial charge < -0.3 is 19.5 Å². The second-order valence-corrected chi connectivity index (χ2v) is 6.18. The molecule has 0 unspecified atom stereocenters. The Balaban J connectivity index is 1.85. The van der Waals surface area contributed by atoms with Gasteiger partial charge in [0.1, 0.15) is 0 Å². The van der Waals surface area contributed by atoms with Crippen LogP contribution in [0.2, 0.25) is 0 Å². The lowest BCUT2D eigenvalue weighted by atomic mass is 10.1. The van der Waals surface area contributed by atoms with Gasteiger partial charge in [-0.05, 0) is 55.7 Å². The number of hydrogen-bond acceptors (Lipinski definition) is 5. The van der Waals surface area contributed by atoms with Crippen molar-refractivity contribution in [2.75, 3.05) is 19.5 Å². The summed E-state index contributed by atoms with van der Waals surface area (Å²) in [4.78, 5) is 24.2. The second kappa shape index (κ2) is 9.62. The third kappa shape index (κ3) is 6.02. The van der Waals surface area contributed by atoms with Crippen LogP contribution in [0.3, 0.4) is 0 Å². The van der Waals surface area contributed by atoms with Crippen LogP contribution in [0, 0.1) is 6.92 Å². The van der Waals surface area contributed by atoms with Gasteiger partial charge >= 0.3 is 5.97 Å². The fourth-order valence-corrected chi connectivity index (χ4v) is 2.56. The largest absolute Gasteiger partial charge is 0.493 e. The maximum atomic E-state index is 12.2. The molecular weight excluding hydrogens is 346 g/mol. The third-order valence-corrected chi connectivity index (χ3v) is 4.03. The van der Waals surface area contributed by atoms with Gasteiger partial charge in [-0.15, -0.1) is 0 Å². The molecule has 6 nitrogen and oxygen atoms in total. The zero-order valence-electron chi connectivity index (χ0n) is 16.1. The number of benzene rings is 2. The maximum Gasteiger partial charge on any atom is 0.306 e. The Hall–Kier alpha value is -3.02. The van der Waals surface area contributed by atoms with Gasteiger partial charge in [-0.1, -0.05) is 18.2 Å². The number of anilines is 1. The molecule has 0 radical (unpaired) electrons. The fraction of sp³-hybridized carbons (Fsp3) is 0.333. The number of esters is 1. The molecule has 0 heterocycles. The van der Waals surface area contributed by atoms with Crippen molar-refractivity contribution in [2.24, 2.45) is 0 Å². The van der Waals surface area contributed by atoms with E-state index in [0.717, 1.165) is 11.1 Å². The van der Waals surface area contributed by atoms with Crippen molar-refractivity contribution in [3.63, 3.8) is 0 Å². The van der Waals surface area contributed by atoms with Crippen LogP contribution in [0.4, 0.5) is 5.69 Å². The highest BCUT2D eigenvalue weighted by atomic mass is 16.5. The van der Waals surface area contributed by atoms with Crippen LogP contribution in [-0.2, 0) is 20.7 Å². The number of amides is 1. The minimum Gasteiger partial charge on any atom is -0.493 e. The molecule has 27 heavy (non-hydrogen) atoms. The Kier molecular flexibility index (Phi) is 7.23. The van der Waals surface area contributed by atoms with Gasteiger partial charge in [-0.3, -0.25) is 9.59 Å². The van der Waals surface area contributed by atoms with E-state index in [1.165, 1.54) is 0 Å². The van der Waals surface area contributed by atoms with E-state index in [2.05, 4.69) is 5.32 Å². The zero-order chi connectivity index (χ0) is 19.8. The summed E-state index contributed by atoms with van der Waals surface area (Å²) >= 11 is 0. The first-order valence-corrected chi connectivity index (χ1v) is 8.71. The van der Waals surface area contributed by atoms with Crippen molar-refractivity contribution in [2.45, 2.75) is 32.8 Å². The Labute approximate surface area is 159 Å². The van der Waals surface area contributed by atoms with Crippen LogP contribution in [0.25, 0.3) is 0 Å². The molecule has 144 valence electrons. The highest BCUT2D eigenvalue weighted by molar-refractivity contribution is 5.95. The fourth-order valence-electron chi connectivity index (χ4n) is 2.56. The van der Waals surface area contributed by atoms with Crippen LogP contribution in [-0.4, -0.2) is 32.2 Å². The lowest BCUT2D eigenvalue weighted by Gasteiger charge is -2.14. The Morgan fingerprint density at radius 2 is 1.78 bits per heavy atom. The van der Waals surface area contributed by atoms with Crippen molar-refractivity contribution < 1.29 is 23.8 Å². The van der Waals surface area contributed by atoms with E-state index in [1.54, 1.807) is 33.3 Å². The molecule has 2 aromatic carbocycles. The summed E-state index contributed by atoms with van der Waals surface area (Å²) < 4.78 is 15.7. The van der Waals surface area contributed by atoms with E-state index in [4.69, 9.17) is 14.2 Å². The molecule has 0 saturated carbocycles. The average molecular weight is 371 g/mol.